The van der Waals surface area contributed by atoms with Crippen molar-refractivity contribution in [1.82, 2.24) is 9.97 Å². The molecule has 1 aromatic heterocycles. The van der Waals surface area contributed by atoms with Gasteiger partial charge in [0.15, 0.2) is 5.16 Å². The largest absolute Gasteiger partial charge is 0.384 e. The number of fused-ring (bicyclic) bond motifs is 1. The van der Waals surface area contributed by atoms with Gasteiger partial charge in [-0.2, -0.15) is 0 Å². The van der Waals surface area contributed by atoms with Crippen molar-refractivity contribution in [2.75, 3.05) is 0 Å². The number of aromatic nitrogens is 2. The lowest BCUT2D eigenvalue weighted by Gasteiger charge is -2.04. The molecular weight excluding hydrogens is 304 g/mol. The quantitative estimate of drug-likeness (QED) is 0.505. The third-order valence-corrected chi connectivity index (χ3v) is 4.25. The zero-order chi connectivity index (χ0) is 15.0. The predicted octanol–water partition coefficient (Wildman–Crippen LogP) is 3.96. The summed E-state index contributed by atoms with van der Waals surface area (Å²) in [6.45, 7) is 2.05. The number of benzene rings is 2. The Hall–Kier alpha value is -1.98. The lowest BCUT2D eigenvalue weighted by atomic mass is 10.2. The molecule has 0 amide bonds. The molecule has 4 N–H and O–H groups in total. The summed E-state index contributed by atoms with van der Waals surface area (Å²) in [6.07, 6.45) is 0. The van der Waals surface area contributed by atoms with Gasteiger partial charge in [0.1, 0.15) is 5.84 Å². The van der Waals surface area contributed by atoms with Crippen molar-refractivity contribution in [1.29, 1.82) is 5.41 Å². The molecule has 0 saturated carbocycles. The second-order valence-electron chi connectivity index (χ2n) is 4.72. The van der Waals surface area contributed by atoms with Gasteiger partial charge in [-0.05, 0) is 42.8 Å². The fourth-order valence-corrected chi connectivity index (χ4v) is 3.23. The van der Waals surface area contributed by atoms with Crippen molar-refractivity contribution in [2.24, 2.45) is 5.73 Å². The minimum absolute atomic E-state index is 0.0317. The summed E-state index contributed by atoms with van der Waals surface area (Å²) in [5.41, 5.74) is 9.15. The van der Waals surface area contributed by atoms with Gasteiger partial charge in [-0.25, -0.2) is 4.98 Å². The van der Waals surface area contributed by atoms with E-state index in [4.69, 9.17) is 22.7 Å². The molecule has 106 valence electrons. The lowest BCUT2D eigenvalue weighted by Crippen LogP contribution is -2.11. The number of imidazole rings is 1. The molecule has 0 atom stereocenters. The van der Waals surface area contributed by atoms with Gasteiger partial charge in [0.25, 0.3) is 0 Å². The Kier molecular flexibility index (Phi) is 3.61. The highest BCUT2D eigenvalue weighted by atomic mass is 35.5. The van der Waals surface area contributed by atoms with E-state index in [9.17, 15) is 0 Å². The summed E-state index contributed by atoms with van der Waals surface area (Å²) < 4.78 is 0. The first-order valence-electron chi connectivity index (χ1n) is 6.31. The van der Waals surface area contributed by atoms with E-state index >= 15 is 0 Å². The van der Waals surface area contributed by atoms with E-state index in [2.05, 4.69) is 16.0 Å². The maximum Gasteiger partial charge on any atom is 0.171 e. The summed E-state index contributed by atoms with van der Waals surface area (Å²) in [7, 11) is 0. The third-order valence-electron chi connectivity index (χ3n) is 3.06. The Morgan fingerprint density at radius 2 is 2.10 bits per heavy atom. The first-order chi connectivity index (χ1) is 10.0. The zero-order valence-electron chi connectivity index (χ0n) is 11.3. The van der Waals surface area contributed by atoms with E-state index in [1.54, 1.807) is 12.1 Å². The standard InChI is InChI=1S/C15H13ClN4S/c1-8-2-5-12-13(6-8)20-15(19-12)21-9-3-4-10(14(17)18)11(16)7-9/h2-7H,1H3,(H3,17,18)(H,19,20). The van der Waals surface area contributed by atoms with Crippen LogP contribution in [0.1, 0.15) is 11.1 Å². The van der Waals surface area contributed by atoms with Crippen LogP contribution < -0.4 is 5.73 Å². The monoisotopic (exact) mass is 316 g/mol. The van der Waals surface area contributed by atoms with E-state index in [-0.39, 0.29) is 5.84 Å². The fraction of sp³-hybridized carbons (Fsp3) is 0.0667. The number of rotatable bonds is 3. The van der Waals surface area contributed by atoms with Crippen LogP contribution in [0.2, 0.25) is 5.02 Å². The van der Waals surface area contributed by atoms with Crippen molar-refractivity contribution in [3.63, 3.8) is 0 Å². The lowest BCUT2D eigenvalue weighted by molar-refractivity contribution is 1.08. The van der Waals surface area contributed by atoms with Crippen molar-refractivity contribution >= 4 is 40.2 Å². The highest BCUT2D eigenvalue weighted by molar-refractivity contribution is 7.99. The van der Waals surface area contributed by atoms with Gasteiger partial charge in [0, 0.05) is 10.5 Å². The van der Waals surface area contributed by atoms with Crippen LogP contribution in [0.25, 0.3) is 11.0 Å². The minimum atomic E-state index is -0.0317. The number of aryl methyl sites for hydroxylation is 1. The maximum atomic E-state index is 7.43. The van der Waals surface area contributed by atoms with Crippen LogP contribution in [0, 0.1) is 12.3 Å². The van der Waals surface area contributed by atoms with Crippen LogP contribution in [-0.2, 0) is 0 Å². The van der Waals surface area contributed by atoms with Crippen LogP contribution in [0.4, 0.5) is 0 Å². The Balaban J connectivity index is 1.91. The van der Waals surface area contributed by atoms with Gasteiger partial charge < -0.3 is 10.7 Å². The summed E-state index contributed by atoms with van der Waals surface area (Å²) in [5.74, 6) is -0.0317. The molecule has 2 aromatic carbocycles. The van der Waals surface area contributed by atoms with Crippen LogP contribution in [-0.4, -0.2) is 15.8 Å². The van der Waals surface area contributed by atoms with Gasteiger partial charge in [0.05, 0.1) is 16.1 Å². The number of H-pyrrole nitrogens is 1. The second kappa shape index (κ2) is 5.42. The molecule has 3 aromatic rings. The molecule has 21 heavy (non-hydrogen) atoms. The van der Waals surface area contributed by atoms with E-state index in [1.165, 1.54) is 17.3 Å². The summed E-state index contributed by atoms with van der Waals surface area (Å²) in [5, 5.41) is 8.71. The number of nitrogens with one attached hydrogen (secondary N) is 2. The molecule has 0 bridgehead atoms. The maximum absolute atomic E-state index is 7.43. The van der Waals surface area contributed by atoms with E-state index in [0.717, 1.165) is 21.1 Å². The number of aromatic amines is 1. The summed E-state index contributed by atoms with van der Waals surface area (Å²) in [6, 6.07) is 11.5. The Labute approximate surface area is 131 Å². The van der Waals surface area contributed by atoms with Gasteiger partial charge in [-0.1, -0.05) is 29.4 Å². The van der Waals surface area contributed by atoms with Crippen molar-refractivity contribution in [3.05, 3.63) is 52.5 Å². The SMILES string of the molecule is Cc1ccc2nc(Sc3ccc(C(=N)N)c(Cl)c3)[nH]c2c1. The van der Waals surface area contributed by atoms with Crippen molar-refractivity contribution < 1.29 is 0 Å². The van der Waals surface area contributed by atoms with E-state index in [0.29, 0.717) is 10.6 Å². The van der Waals surface area contributed by atoms with Gasteiger partial charge in [0.2, 0.25) is 0 Å². The van der Waals surface area contributed by atoms with E-state index in [1.807, 2.05) is 25.1 Å². The number of nitrogens with two attached hydrogens (primary N) is 1. The predicted molar refractivity (Wildman–Crippen MR) is 87.4 cm³/mol. The Bertz CT molecular complexity index is 841. The zero-order valence-corrected chi connectivity index (χ0v) is 12.8. The van der Waals surface area contributed by atoms with Crippen molar-refractivity contribution in [3.8, 4) is 0 Å². The highest BCUT2D eigenvalue weighted by Gasteiger charge is 2.08. The summed E-state index contributed by atoms with van der Waals surface area (Å²) >= 11 is 7.62. The second-order valence-corrected chi connectivity index (χ2v) is 6.19. The average molecular weight is 317 g/mol. The molecular formula is C15H13ClN4S. The first-order valence-corrected chi connectivity index (χ1v) is 7.50. The molecule has 0 saturated heterocycles. The molecule has 4 nitrogen and oxygen atoms in total. The highest BCUT2D eigenvalue weighted by Crippen LogP contribution is 2.30. The summed E-state index contributed by atoms with van der Waals surface area (Å²) in [4.78, 5) is 8.76. The molecule has 0 spiro atoms. The smallest absolute Gasteiger partial charge is 0.171 e. The van der Waals surface area contributed by atoms with Gasteiger partial charge in [-0.3, -0.25) is 5.41 Å². The number of hydrogen-bond donors (Lipinski definition) is 3. The number of halogens is 1. The number of hydrogen-bond acceptors (Lipinski definition) is 3. The molecule has 0 radical (unpaired) electrons. The van der Waals surface area contributed by atoms with Crippen LogP contribution >= 0.6 is 23.4 Å². The fourth-order valence-electron chi connectivity index (χ4n) is 2.04. The first kappa shape index (κ1) is 14.0. The van der Waals surface area contributed by atoms with E-state index < -0.39 is 0 Å². The normalized spacial score (nSPS) is 11.0. The topological polar surface area (TPSA) is 78.6 Å². The van der Waals surface area contributed by atoms with Gasteiger partial charge in [-0.15, -0.1) is 0 Å². The van der Waals surface area contributed by atoms with Crippen LogP contribution in [0.5, 0.6) is 0 Å². The Morgan fingerprint density at radius 1 is 1.29 bits per heavy atom. The minimum Gasteiger partial charge on any atom is -0.384 e. The molecule has 0 aliphatic carbocycles. The average Bonchev–Trinajstić information content (AvgIpc) is 2.79. The van der Waals surface area contributed by atoms with Crippen LogP contribution in [0.3, 0.4) is 0 Å². The third kappa shape index (κ3) is 2.89. The van der Waals surface area contributed by atoms with Crippen molar-refractivity contribution in [2.45, 2.75) is 17.0 Å². The number of nitrogen functional groups attached to an aromatic ring is 1. The molecule has 3 rings (SSSR count). The molecule has 0 aliphatic heterocycles. The molecule has 0 fully saturated rings. The van der Waals surface area contributed by atoms with Crippen LogP contribution in [0.15, 0.2) is 46.5 Å². The Morgan fingerprint density at radius 3 is 2.81 bits per heavy atom. The number of nitrogens with zero attached hydrogens (tertiary/aromatic N) is 1. The molecule has 0 aliphatic rings. The molecule has 6 heteroatoms. The van der Waals surface area contributed by atoms with Gasteiger partial charge >= 0.3 is 0 Å². The molecule has 0 unspecified atom stereocenters. The molecule has 1 heterocycles. The number of amidine groups is 1.